The molecule has 1 aromatic carbocycles. The zero-order valence-electron chi connectivity index (χ0n) is 16.8. The normalized spacial score (nSPS) is 13.8. The predicted octanol–water partition coefficient (Wildman–Crippen LogP) is 2.41. The maximum absolute atomic E-state index is 13.0. The second kappa shape index (κ2) is 7.69. The van der Waals surface area contributed by atoms with Crippen LogP contribution >= 0.6 is 11.3 Å². The smallest absolute Gasteiger partial charge is 0.350 e. The van der Waals surface area contributed by atoms with Gasteiger partial charge in [0.15, 0.2) is 6.73 Å². The average molecular weight is 437 g/mol. The summed E-state index contributed by atoms with van der Waals surface area (Å²) in [5, 5.41) is 8.66. The van der Waals surface area contributed by atoms with Gasteiger partial charge in [0.05, 0.1) is 10.8 Å². The van der Waals surface area contributed by atoms with Crippen molar-refractivity contribution in [2.45, 2.75) is 45.9 Å². The van der Waals surface area contributed by atoms with Crippen LogP contribution in [0.15, 0.2) is 33.9 Å². The number of thiophene rings is 1. The van der Waals surface area contributed by atoms with Crippen LogP contribution < -0.4 is 11.1 Å². The number of aromatic nitrogens is 5. The Kier molecular flexibility index (Phi) is 4.85. The Morgan fingerprint density at radius 2 is 2.00 bits per heavy atom. The number of ether oxygens (including phenoxy) is 1. The molecule has 0 spiro atoms. The molecule has 31 heavy (non-hydrogen) atoms. The number of fused-ring (bicyclic) bond motifs is 3. The Balaban J connectivity index is 1.46. The van der Waals surface area contributed by atoms with Crippen molar-refractivity contribution in [2.24, 2.45) is 0 Å². The third kappa shape index (κ3) is 3.32. The van der Waals surface area contributed by atoms with Crippen molar-refractivity contribution in [3.05, 3.63) is 61.2 Å². The number of nitrogens with zero attached hydrogens (tertiary/aromatic N) is 5. The first-order valence-electron chi connectivity index (χ1n) is 10.1. The highest BCUT2D eigenvalue weighted by atomic mass is 32.1. The molecule has 4 heterocycles. The summed E-state index contributed by atoms with van der Waals surface area (Å²) in [5.74, 6) is 0.149. The molecule has 9 nitrogen and oxygen atoms in total. The standard InChI is InChI=1S/C21H19N5O4S/c1-12-16-18(22-15-9-3-2-6-10-25(15)20(16)28)31-17(12)21(29)30-11-26-19(27)13-7-4-5-8-14(13)23-24-26/h4-5,7-8H,2-3,6,9-11H2,1H3. The molecule has 0 fully saturated rings. The maximum atomic E-state index is 13.0. The second-order valence-corrected chi connectivity index (χ2v) is 8.50. The predicted molar refractivity (Wildman–Crippen MR) is 115 cm³/mol. The summed E-state index contributed by atoms with van der Waals surface area (Å²) in [6.07, 6.45) is 3.77. The van der Waals surface area contributed by atoms with Crippen LogP contribution in [0.4, 0.5) is 0 Å². The minimum absolute atomic E-state index is 0.105. The third-order valence-corrected chi connectivity index (χ3v) is 6.71. The highest BCUT2D eigenvalue weighted by molar-refractivity contribution is 7.20. The Bertz CT molecular complexity index is 1450. The molecule has 3 aromatic heterocycles. The summed E-state index contributed by atoms with van der Waals surface area (Å²) in [6, 6.07) is 6.83. The SMILES string of the molecule is Cc1c(C(=O)OCn2nnc3ccccc3c2=O)sc2nc3n(c(=O)c12)CCCCC3. The van der Waals surface area contributed by atoms with Crippen molar-refractivity contribution >= 4 is 38.4 Å². The Labute approximate surface area is 179 Å². The van der Waals surface area contributed by atoms with Crippen LogP contribution in [0.3, 0.4) is 0 Å². The molecule has 10 heteroatoms. The summed E-state index contributed by atoms with van der Waals surface area (Å²) in [5.41, 5.74) is 0.530. The van der Waals surface area contributed by atoms with Crippen LogP contribution in [-0.2, 0) is 24.4 Å². The van der Waals surface area contributed by atoms with Gasteiger partial charge in [0, 0.05) is 13.0 Å². The fourth-order valence-electron chi connectivity index (χ4n) is 3.90. The lowest BCUT2D eigenvalue weighted by atomic mass is 10.2. The van der Waals surface area contributed by atoms with Gasteiger partial charge in [-0.3, -0.25) is 14.2 Å². The monoisotopic (exact) mass is 437 g/mol. The van der Waals surface area contributed by atoms with Crippen molar-refractivity contribution in [3.8, 4) is 0 Å². The molecule has 0 amide bonds. The number of esters is 1. The molecule has 158 valence electrons. The first-order valence-corrected chi connectivity index (χ1v) is 10.9. The van der Waals surface area contributed by atoms with Gasteiger partial charge < -0.3 is 4.74 Å². The highest BCUT2D eigenvalue weighted by Crippen LogP contribution is 2.29. The molecule has 0 unspecified atom stereocenters. The van der Waals surface area contributed by atoms with Gasteiger partial charge in [0.25, 0.3) is 11.1 Å². The van der Waals surface area contributed by atoms with Crippen molar-refractivity contribution in [1.29, 1.82) is 0 Å². The largest absolute Gasteiger partial charge is 0.438 e. The van der Waals surface area contributed by atoms with E-state index in [1.165, 1.54) is 0 Å². The molecule has 0 radical (unpaired) electrons. The number of rotatable bonds is 3. The average Bonchev–Trinajstić information content (AvgIpc) is 2.94. The van der Waals surface area contributed by atoms with Crippen LogP contribution in [0.1, 0.15) is 40.3 Å². The van der Waals surface area contributed by atoms with Gasteiger partial charge in [-0.1, -0.05) is 23.8 Å². The van der Waals surface area contributed by atoms with E-state index in [2.05, 4.69) is 15.3 Å². The van der Waals surface area contributed by atoms with Crippen LogP contribution in [-0.4, -0.2) is 30.5 Å². The molecule has 0 saturated heterocycles. The molecule has 0 atom stereocenters. The molecular weight excluding hydrogens is 418 g/mol. The van der Waals surface area contributed by atoms with Gasteiger partial charge in [-0.2, -0.15) is 4.68 Å². The van der Waals surface area contributed by atoms with Crippen LogP contribution in [0, 0.1) is 6.92 Å². The van der Waals surface area contributed by atoms with Crippen LogP contribution in [0.25, 0.3) is 21.1 Å². The molecule has 5 rings (SSSR count). The lowest BCUT2D eigenvalue weighted by Crippen LogP contribution is -2.26. The van der Waals surface area contributed by atoms with E-state index in [0.717, 1.165) is 47.5 Å². The number of hydrogen-bond acceptors (Lipinski definition) is 8. The topological polar surface area (TPSA) is 109 Å². The number of hydrogen-bond donors (Lipinski definition) is 0. The number of carbonyl (C=O) groups excluding carboxylic acids is 1. The Hall–Kier alpha value is -3.40. The second-order valence-electron chi connectivity index (χ2n) is 7.50. The molecule has 0 saturated carbocycles. The zero-order chi connectivity index (χ0) is 21.5. The minimum Gasteiger partial charge on any atom is -0.438 e. The molecule has 0 aliphatic carbocycles. The Morgan fingerprint density at radius 3 is 2.87 bits per heavy atom. The van der Waals surface area contributed by atoms with Crippen molar-refractivity contribution in [1.82, 2.24) is 24.5 Å². The van der Waals surface area contributed by atoms with E-state index in [9.17, 15) is 14.4 Å². The van der Waals surface area contributed by atoms with Crippen LogP contribution in [0.2, 0.25) is 0 Å². The van der Waals surface area contributed by atoms with E-state index >= 15 is 0 Å². The molecule has 1 aliphatic heterocycles. The van der Waals surface area contributed by atoms with Gasteiger partial charge in [-0.05, 0) is 37.5 Å². The van der Waals surface area contributed by atoms with Crippen molar-refractivity contribution < 1.29 is 9.53 Å². The quantitative estimate of drug-likeness (QED) is 0.453. The first-order chi connectivity index (χ1) is 15.0. The van der Waals surface area contributed by atoms with Gasteiger partial charge in [-0.15, -0.1) is 16.4 Å². The number of aryl methyl sites for hydroxylation is 2. The van der Waals surface area contributed by atoms with E-state index in [1.54, 1.807) is 35.8 Å². The minimum atomic E-state index is -0.623. The van der Waals surface area contributed by atoms with E-state index in [0.29, 0.717) is 38.1 Å². The van der Waals surface area contributed by atoms with Gasteiger partial charge in [-0.25, -0.2) is 9.78 Å². The zero-order valence-corrected chi connectivity index (χ0v) is 17.6. The summed E-state index contributed by atoms with van der Waals surface area (Å²) < 4.78 is 8.06. The van der Waals surface area contributed by atoms with Gasteiger partial charge in [0.1, 0.15) is 21.0 Å². The Morgan fingerprint density at radius 1 is 1.16 bits per heavy atom. The van der Waals surface area contributed by atoms with E-state index in [4.69, 9.17) is 4.74 Å². The van der Waals surface area contributed by atoms with Crippen LogP contribution in [0.5, 0.6) is 0 Å². The van der Waals surface area contributed by atoms with E-state index in [1.807, 2.05) is 0 Å². The summed E-state index contributed by atoms with van der Waals surface area (Å²) in [7, 11) is 0. The summed E-state index contributed by atoms with van der Waals surface area (Å²) in [6.45, 7) is 2.01. The lowest BCUT2D eigenvalue weighted by Gasteiger charge is -2.08. The molecule has 0 bridgehead atoms. The molecular formula is C21H19N5O4S. The number of benzene rings is 1. The number of carbonyl (C=O) groups is 1. The maximum Gasteiger partial charge on any atom is 0.350 e. The molecule has 1 aliphatic rings. The lowest BCUT2D eigenvalue weighted by molar-refractivity contribution is 0.0341. The third-order valence-electron chi connectivity index (χ3n) is 5.54. The fourth-order valence-corrected chi connectivity index (χ4v) is 4.98. The summed E-state index contributed by atoms with van der Waals surface area (Å²) >= 11 is 1.15. The molecule has 4 aromatic rings. The van der Waals surface area contributed by atoms with Gasteiger partial charge in [0.2, 0.25) is 0 Å². The van der Waals surface area contributed by atoms with Crippen molar-refractivity contribution in [2.75, 3.05) is 0 Å². The summed E-state index contributed by atoms with van der Waals surface area (Å²) in [4.78, 5) is 43.8. The van der Waals surface area contributed by atoms with E-state index < -0.39 is 11.5 Å². The van der Waals surface area contributed by atoms with Gasteiger partial charge >= 0.3 is 5.97 Å². The van der Waals surface area contributed by atoms with Crippen molar-refractivity contribution in [3.63, 3.8) is 0 Å². The molecule has 0 N–H and O–H groups in total. The van der Waals surface area contributed by atoms with E-state index in [-0.39, 0.29) is 12.3 Å². The fraction of sp³-hybridized carbons (Fsp3) is 0.333. The first kappa shape index (κ1) is 19.6. The highest BCUT2D eigenvalue weighted by Gasteiger charge is 2.23.